The second-order valence-corrected chi connectivity index (χ2v) is 6.53. The highest BCUT2D eigenvalue weighted by atomic mass is 16.6. The van der Waals surface area contributed by atoms with Gasteiger partial charge in [-0.2, -0.15) is 0 Å². The first-order valence-corrected chi connectivity index (χ1v) is 8.31. The molecular formula is C20H20O4. The molecule has 0 radical (unpaired) electrons. The lowest BCUT2D eigenvalue weighted by molar-refractivity contribution is 0.0724. The molecule has 2 aromatic rings. The van der Waals surface area contributed by atoms with E-state index >= 15 is 0 Å². The van der Waals surface area contributed by atoms with Gasteiger partial charge in [-0.1, -0.05) is 18.2 Å². The molecule has 2 unspecified atom stereocenters. The van der Waals surface area contributed by atoms with Crippen LogP contribution in [0.4, 0.5) is 0 Å². The summed E-state index contributed by atoms with van der Waals surface area (Å²) in [7, 11) is 0. The molecule has 24 heavy (non-hydrogen) atoms. The Balaban J connectivity index is 1.73. The van der Waals surface area contributed by atoms with Gasteiger partial charge < -0.3 is 14.6 Å². The SMILES string of the molecule is Cc1cc(OC2COCC2O)c2c(c1-c1cccc(C=O)c1)CC2. The third kappa shape index (κ3) is 2.52. The van der Waals surface area contributed by atoms with Gasteiger partial charge >= 0.3 is 0 Å². The van der Waals surface area contributed by atoms with Gasteiger partial charge in [-0.15, -0.1) is 0 Å². The number of aliphatic hydroxyl groups is 1. The van der Waals surface area contributed by atoms with Crippen molar-refractivity contribution in [1.29, 1.82) is 0 Å². The molecule has 0 saturated carbocycles. The number of hydrogen-bond donors (Lipinski definition) is 1. The highest BCUT2D eigenvalue weighted by molar-refractivity contribution is 5.82. The van der Waals surface area contributed by atoms with Crippen LogP contribution in [0.15, 0.2) is 30.3 Å². The summed E-state index contributed by atoms with van der Waals surface area (Å²) < 4.78 is 11.3. The Morgan fingerprint density at radius 1 is 1.21 bits per heavy atom. The number of hydrogen-bond acceptors (Lipinski definition) is 4. The second-order valence-electron chi connectivity index (χ2n) is 6.53. The molecule has 0 spiro atoms. The molecule has 1 aliphatic carbocycles. The molecule has 124 valence electrons. The molecule has 1 heterocycles. The predicted octanol–water partition coefficient (Wildman–Crippen LogP) is 2.71. The minimum atomic E-state index is -0.565. The van der Waals surface area contributed by atoms with E-state index in [4.69, 9.17) is 9.47 Å². The van der Waals surface area contributed by atoms with E-state index in [1.807, 2.05) is 30.3 Å². The van der Waals surface area contributed by atoms with Crippen molar-refractivity contribution >= 4 is 6.29 Å². The Morgan fingerprint density at radius 2 is 2.04 bits per heavy atom. The summed E-state index contributed by atoms with van der Waals surface area (Å²) in [4.78, 5) is 11.1. The fourth-order valence-electron chi connectivity index (χ4n) is 3.59. The first kappa shape index (κ1) is 15.4. The number of carbonyl (C=O) groups excluding carboxylic acids is 1. The molecule has 0 aromatic heterocycles. The van der Waals surface area contributed by atoms with Crippen LogP contribution in [-0.2, 0) is 17.6 Å². The normalized spacial score (nSPS) is 21.9. The van der Waals surface area contributed by atoms with Crippen LogP contribution in [0.1, 0.15) is 27.0 Å². The molecule has 4 rings (SSSR count). The first-order valence-electron chi connectivity index (χ1n) is 8.31. The van der Waals surface area contributed by atoms with Crippen LogP contribution >= 0.6 is 0 Å². The zero-order valence-corrected chi connectivity index (χ0v) is 13.6. The van der Waals surface area contributed by atoms with Crippen LogP contribution in [-0.4, -0.2) is 36.8 Å². The summed E-state index contributed by atoms with van der Waals surface area (Å²) in [6.45, 7) is 2.83. The average molecular weight is 324 g/mol. The number of benzene rings is 2. The second kappa shape index (κ2) is 6.04. The highest BCUT2D eigenvalue weighted by Crippen LogP contribution is 2.42. The van der Waals surface area contributed by atoms with Crippen molar-refractivity contribution in [2.75, 3.05) is 13.2 Å². The summed E-state index contributed by atoms with van der Waals surface area (Å²) >= 11 is 0. The Kier molecular flexibility index (Phi) is 3.87. The maximum atomic E-state index is 11.1. The third-order valence-corrected chi connectivity index (χ3v) is 4.92. The summed E-state index contributed by atoms with van der Waals surface area (Å²) in [5.41, 5.74) is 6.60. The van der Waals surface area contributed by atoms with Crippen molar-refractivity contribution in [1.82, 2.24) is 0 Å². The van der Waals surface area contributed by atoms with Gasteiger partial charge in [-0.25, -0.2) is 0 Å². The summed E-state index contributed by atoms with van der Waals surface area (Å²) in [6, 6.07) is 9.76. The molecule has 2 aliphatic rings. The van der Waals surface area contributed by atoms with Crippen molar-refractivity contribution in [2.24, 2.45) is 0 Å². The van der Waals surface area contributed by atoms with Crippen molar-refractivity contribution in [3.8, 4) is 16.9 Å². The molecule has 1 N–H and O–H groups in total. The molecule has 0 bridgehead atoms. The van der Waals surface area contributed by atoms with Crippen LogP contribution in [0.2, 0.25) is 0 Å². The largest absolute Gasteiger partial charge is 0.485 e. The van der Waals surface area contributed by atoms with Gasteiger partial charge in [0.1, 0.15) is 24.2 Å². The smallest absolute Gasteiger partial charge is 0.150 e. The molecule has 0 amide bonds. The number of rotatable bonds is 4. The molecule has 1 aliphatic heterocycles. The van der Waals surface area contributed by atoms with Gasteiger partial charge in [-0.05, 0) is 59.7 Å². The standard InChI is InChI=1S/C20H20O4/c1-12-7-18(24-19-11-23-10-17(19)22)15-5-6-16(15)20(12)14-4-2-3-13(8-14)9-21/h2-4,7-9,17,19,22H,5-6,10-11H2,1H3. The number of carbonyl (C=O) groups is 1. The van der Waals surface area contributed by atoms with E-state index < -0.39 is 6.10 Å². The van der Waals surface area contributed by atoms with Crippen LogP contribution in [0.5, 0.6) is 5.75 Å². The molecule has 2 atom stereocenters. The Labute approximate surface area is 141 Å². The van der Waals surface area contributed by atoms with E-state index in [1.54, 1.807) is 0 Å². The Hall–Kier alpha value is -2.17. The molecular weight excluding hydrogens is 304 g/mol. The average Bonchev–Trinajstić information content (AvgIpc) is 2.95. The van der Waals surface area contributed by atoms with Gasteiger partial charge in [0, 0.05) is 5.56 Å². The van der Waals surface area contributed by atoms with Crippen LogP contribution in [0, 0.1) is 6.92 Å². The summed E-state index contributed by atoms with van der Waals surface area (Å²) in [5.74, 6) is 0.860. The summed E-state index contributed by atoms with van der Waals surface area (Å²) in [5, 5.41) is 9.90. The topological polar surface area (TPSA) is 55.8 Å². The van der Waals surface area contributed by atoms with Crippen molar-refractivity contribution in [2.45, 2.75) is 32.0 Å². The first-order chi connectivity index (χ1) is 11.7. The number of aryl methyl sites for hydroxylation is 1. The third-order valence-electron chi connectivity index (χ3n) is 4.92. The molecule has 4 nitrogen and oxygen atoms in total. The number of ether oxygens (including phenoxy) is 2. The fourth-order valence-corrected chi connectivity index (χ4v) is 3.59. The van der Waals surface area contributed by atoms with E-state index in [1.165, 1.54) is 16.7 Å². The van der Waals surface area contributed by atoms with Gasteiger partial charge in [0.15, 0.2) is 0 Å². The minimum absolute atomic E-state index is 0.293. The Bertz CT molecular complexity index is 796. The van der Waals surface area contributed by atoms with Crippen LogP contribution in [0.25, 0.3) is 11.1 Å². The molecule has 4 heteroatoms. The van der Waals surface area contributed by atoms with Gasteiger partial charge in [0.25, 0.3) is 0 Å². The molecule has 2 aromatic carbocycles. The van der Waals surface area contributed by atoms with E-state index in [-0.39, 0.29) is 6.10 Å². The zero-order chi connectivity index (χ0) is 16.7. The Morgan fingerprint density at radius 3 is 2.71 bits per heavy atom. The predicted molar refractivity (Wildman–Crippen MR) is 90.7 cm³/mol. The highest BCUT2D eigenvalue weighted by Gasteiger charge is 2.31. The lowest BCUT2D eigenvalue weighted by atomic mass is 9.79. The zero-order valence-electron chi connectivity index (χ0n) is 13.6. The van der Waals surface area contributed by atoms with Crippen LogP contribution < -0.4 is 4.74 Å². The van der Waals surface area contributed by atoms with Gasteiger partial charge in [0.2, 0.25) is 0 Å². The van der Waals surface area contributed by atoms with Gasteiger partial charge in [0.05, 0.1) is 13.2 Å². The number of aliphatic hydroxyl groups excluding tert-OH is 1. The van der Waals surface area contributed by atoms with Crippen molar-refractivity contribution in [3.63, 3.8) is 0 Å². The number of aldehydes is 1. The summed E-state index contributed by atoms with van der Waals surface area (Å²) in [6.07, 6.45) is 2.01. The lowest BCUT2D eigenvalue weighted by Crippen LogP contribution is -2.31. The molecule has 1 saturated heterocycles. The maximum Gasteiger partial charge on any atom is 0.150 e. The maximum absolute atomic E-state index is 11.1. The van der Waals surface area contributed by atoms with E-state index in [0.29, 0.717) is 18.8 Å². The van der Waals surface area contributed by atoms with Crippen molar-refractivity contribution in [3.05, 3.63) is 52.6 Å². The van der Waals surface area contributed by atoms with E-state index in [2.05, 4.69) is 6.92 Å². The molecule has 1 fully saturated rings. The van der Waals surface area contributed by atoms with Gasteiger partial charge in [-0.3, -0.25) is 4.79 Å². The lowest BCUT2D eigenvalue weighted by Gasteiger charge is -2.29. The van der Waals surface area contributed by atoms with Crippen molar-refractivity contribution < 1.29 is 19.4 Å². The van der Waals surface area contributed by atoms with Crippen LogP contribution in [0.3, 0.4) is 0 Å². The number of fused-ring (bicyclic) bond motifs is 1. The monoisotopic (exact) mass is 324 g/mol. The van der Waals surface area contributed by atoms with E-state index in [0.717, 1.165) is 36.0 Å². The fraction of sp³-hybridized carbons (Fsp3) is 0.350. The quantitative estimate of drug-likeness (QED) is 0.879. The minimum Gasteiger partial charge on any atom is -0.485 e. The van der Waals surface area contributed by atoms with E-state index in [9.17, 15) is 9.90 Å².